The zero-order chi connectivity index (χ0) is 40.7. The largest absolute Gasteiger partial charge is 0.472 e. The number of aliphatic hydroxyl groups excluding tert-OH is 1. The van der Waals surface area contributed by atoms with Crippen LogP contribution in [0.5, 0.6) is 0 Å². The van der Waals surface area contributed by atoms with Gasteiger partial charge in [-0.05, 0) is 64.2 Å². The van der Waals surface area contributed by atoms with Crippen LogP contribution in [-0.2, 0) is 18.4 Å². The monoisotopic (exact) mass is 800 g/mol. The van der Waals surface area contributed by atoms with Gasteiger partial charge < -0.3 is 19.8 Å². The minimum atomic E-state index is -4.31. The first-order valence-electron chi connectivity index (χ1n) is 23.2. The van der Waals surface area contributed by atoms with E-state index >= 15 is 0 Å². The number of carbonyl (C=O) groups is 1. The highest BCUT2D eigenvalue weighted by Crippen LogP contribution is 2.43. The van der Waals surface area contributed by atoms with E-state index in [1.54, 1.807) is 0 Å². The lowest BCUT2D eigenvalue weighted by molar-refractivity contribution is -0.870. The third kappa shape index (κ3) is 41.0. The van der Waals surface area contributed by atoms with Gasteiger partial charge in [0.1, 0.15) is 13.2 Å². The minimum absolute atomic E-state index is 0.0703. The summed E-state index contributed by atoms with van der Waals surface area (Å²) in [6, 6.07) is -0.772. The molecular formula is C46H92N2O6P+. The van der Waals surface area contributed by atoms with E-state index in [4.69, 9.17) is 9.05 Å². The summed E-state index contributed by atoms with van der Waals surface area (Å²) >= 11 is 0. The first-order chi connectivity index (χ1) is 26.5. The number of allylic oxidation sites excluding steroid dienone is 4. The molecule has 3 N–H and O–H groups in total. The molecule has 0 bridgehead atoms. The van der Waals surface area contributed by atoms with Crippen molar-refractivity contribution in [2.24, 2.45) is 0 Å². The molecule has 0 fully saturated rings. The number of nitrogens with one attached hydrogen (secondary N) is 1. The standard InChI is InChI=1S/C46H91N2O6P/c1-6-8-10-12-14-16-18-19-20-21-22-23-24-25-26-27-28-29-30-32-34-36-38-40-46(50)47-44(43-54-55(51,52)53-42-41-48(3,4)5)45(49)39-37-35-33-31-17-15-13-11-9-7-2/h17,19-20,31,44-45,49H,6-16,18,21-30,32-43H2,1-5H3,(H-,47,50,51,52)/p+1/b20-19+,31-17+/t44-,45+/m0/s1. The Bertz CT molecular complexity index is 953. The van der Waals surface area contributed by atoms with Crippen molar-refractivity contribution in [2.45, 2.75) is 225 Å². The highest BCUT2D eigenvalue weighted by molar-refractivity contribution is 7.47. The van der Waals surface area contributed by atoms with E-state index in [0.29, 0.717) is 23.9 Å². The molecule has 0 spiro atoms. The summed E-state index contributed by atoms with van der Waals surface area (Å²) in [6.45, 7) is 4.83. The van der Waals surface area contributed by atoms with Gasteiger partial charge >= 0.3 is 7.82 Å². The minimum Gasteiger partial charge on any atom is -0.391 e. The van der Waals surface area contributed by atoms with Crippen LogP contribution in [0.25, 0.3) is 0 Å². The van der Waals surface area contributed by atoms with E-state index < -0.39 is 20.0 Å². The molecule has 8 nitrogen and oxygen atoms in total. The number of phosphoric acid groups is 1. The van der Waals surface area contributed by atoms with Crippen LogP contribution in [-0.4, -0.2) is 73.4 Å². The fourth-order valence-electron chi connectivity index (χ4n) is 6.68. The van der Waals surface area contributed by atoms with E-state index in [9.17, 15) is 19.4 Å². The molecule has 0 aromatic rings. The summed E-state index contributed by atoms with van der Waals surface area (Å²) in [6.07, 6.45) is 45.1. The first-order valence-corrected chi connectivity index (χ1v) is 24.7. The van der Waals surface area contributed by atoms with Crippen LogP contribution in [0.4, 0.5) is 0 Å². The van der Waals surface area contributed by atoms with Gasteiger partial charge in [-0.2, -0.15) is 0 Å². The maximum atomic E-state index is 12.9. The van der Waals surface area contributed by atoms with Gasteiger partial charge in [0, 0.05) is 6.42 Å². The molecule has 55 heavy (non-hydrogen) atoms. The molecule has 326 valence electrons. The van der Waals surface area contributed by atoms with Crippen molar-refractivity contribution in [3.05, 3.63) is 24.3 Å². The Kier molecular flexibility index (Phi) is 37.8. The molecule has 1 unspecified atom stereocenters. The van der Waals surface area contributed by atoms with Crippen LogP contribution < -0.4 is 5.32 Å². The fourth-order valence-corrected chi connectivity index (χ4v) is 7.42. The van der Waals surface area contributed by atoms with E-state index in [2.05, 4.69) is 43.5 Å². The topological polar surface area (TPSA) is 105 Å². The number of aliphatic hydroxyl groups is 1. The number of unbranched alkanes of at least 4 members (excludes halogenated alkanes) is 25. The van der Waals surface area contributed by atoms with E-state index in [1.165, 1.54) is 141 Å². The van der Waals surface area contributed by atoms with Crippen LogP contribution in [0.2, 0.25) is 0 Å². The number of likely N-dealkylation sites (N-methyl/N-ethyl adjacent to an activating group) is 1. The van der Waals surface area contributed by atoms with Gasteiger partial charge in [0.15, 0.2) is 0 Å². The first kappa shape index (κ1) is 54.0. The van der Waals surface area contributed by atoms with Gasteiger partial charge in [-0.1, -0.05) is 167 Å². The van der Waals surface area contributed by atoms with Gasteiger partial charge in [0.2, 0.25) is 5.91 Å². The van der Waals surface area contributed by atoms with Crippen molar-refractivity contribution in [3.63, 3.8) is 0 Å². The molecule has 0 heterocycles. The highest BCUT2D eigenvalue weighted by atomic mass is 31.2. The summed E-state index contributed by atoms with van der Waals surface area (Å²) in [5, 5.41) is 13.9. The van der Waals surface area contributed by atoms with Crippen LogP contribution >= 0.6 is 7.82 Å². The SMILES string of the molecule is CCCCCC/C=C/CCCC[C@@H](O)[C@H](COP(=O)(O)OCC[N+](C)(C)C)NC(=O)CCCCCCCCCCCCCCC/C=C/CCCCCCCC. The number of carbonyl (C=O) groups excluding carboxylic acids is 1. The predicted octanol–water partition coefficient (Wildman–Crippen LogP) is 12.9. The Morgan fingerprint density at radius 3 is 1.42 bits per heavy atom. The Morgan fingerprint density at radius 1 is 0.600 bits per heavy atom. The summed E-state index contributed by atoms with van der Waals surface area (Å²) in [4.78, 5) is 23.1. The van der Waals surface area contributed by atoms with Crippen molar-refractivity contribution in [2.75, 3.05) is 40.9 Å². The quantitative estimate of drug-likeness (QED) is 0.0246. The maximum absolute atomic E-state index is 12.9. The Balaban J connectivity index is 4.18. The normalized spacial score (nSPS) is 14.5. The summed E-state index contributed by atoms with van der Waals surface area (Å²) in [5.41, 5.74) is 0. The number of quaternary nitrogens is 1. The van der Waals surface area contributed by atoms with Crippen molar-refractivity contribution in [1.82, 2.24) is 5.32 Å². The van der Waals surface area contributed by atoms with Crippen LogP contribution in [0.1, 0.15) is 213 Å². The van der Waals surface area contributed by atoms with E-state index in [1.807, 2.05) is 21.1 Å². The average Bonchev–Trinajstić information content (AvgIpc) is 3.13. The second-order valence-electron chi connectivity index (χ2n) is 17.1. The lowest BCUT2D eigenvalue weighted by Gasteiger charge is -2.26. The average molecular weight is 800 g/mol. The third-order valence-electron chi connectivity index (χ3n) is 10.4. The zero-order valence-electron chi connectivity index (χ0n) is 36.9. The zero-order valence-corrected chi connectivity index (χ0v) is 37.8. The molecule has 0 saturated heterocycles. The number of nitrogens with zero attached hydrogens (tertiary/aromatic N) is 1. The maximum Gasteiger partial charge on any atom is 0.472 e. The molecule has 0 rings (SSSR count). The number of hydrogen-bond donors (Lipinski definition) is 3. The van der Waals surface area contributed by atoms with Gasteiger partial charge in [0.05, 0.1) is 39.9 Å². The number of phosphoric ester groups is 1. The lowest BCUT2D eigenvalue weighted by Crippen LogP contribution is -2.46. The Morgan fingerprint density at radius 2 is 0.982 bits per heavy atom. The van der Waals surface area contributed by atoms with Gasteiger partial charge in [-0.25, -0.2) is 4.57 Å². The smallest absolute Gasteiger partial charge is 0.391 e. The van der Waals surface area contributed by atoms with Crippen molar-refractivity contribution in [3.8, 4) is 0 Å². The summed E-state index contributed by atoms with van der Waals surface area (Å²) < 4.78 is 23.6. The molecule has 0 aliphatic rings. The van der Waals surface area contributed by atoms with Crippen LogP contribution in [0.15, 0.2) is 24.3 Å². The molecule has 9 heteroatoms. The van der Waals surface area contributed by atoms with Gasteiger partial charge in [0.25, 0.3) is 0 Å². The fraction of sp³-hybridized carbons (Fsp3) is 0.891. The van der Waals surface area contributed by atoms with Gasteiger partial charge in [-0.15, -0.1) is 0 Å². The Labute approximate surface area is 341 Å². The molecule has 0 aliphatic carbocycles. The molecule has 0 saturated carbocycles. The molecule has 1 amide bonds. The highest BCUT2D eigenvalue weighted by Gasteiger charge is 2.28. The molecule has 0 aromatic carbocycles. The number of hydrogen-bond acceptors (Lipinski definition) is 5. The molecule has 0 aromatic heterocycles. The number of amides is 1. The van der Waals surface area contributed by atoms with Crippen molar-refractivity contribution >= 4 is 13.7 Å². The van der Waals surface area contributed by atoms with Crippen molar-refractivity contribution in [1.29, 1.82) is 0 Å². The third-order valence-corrected chi connectivity index (χ3v) is 11.4. The lowest BCUT2D eigenvalue weighted by atomic mass is 10.0. The van der Waals surface area contributed by atoms with E-state index in [0.717, 1.165) is 44.9 Å². The second-order valence-corrected chi connectivity index (χ2v) is 18.6. The van der Waals surface area contributed by atoms with E-state index in [-0.39, 0.29) is 19.1 Å². The summed E-state index contributed by atoms with van der Waals surface area (Å²) in [7, 11) is 1.60. The Hall–Kier alpha value is -1.02. The predicted molar refractivity (Wildman–Crippen MR) is 235 cm³/mol. The van der Waals surface area contributed by atoms with Crippen LogP contribution in [0.3, 0.4) is 0 Å². The summed E-state index contributed by atoms with van der Waals surface area (Å²) in [5.74, 6) is -0.155. The molecule has 0 aliphatic heterocycles. The molecule has 0 radical (unpaired) electrons. The molecular weight excluding hydrogens is 707 g/mol. The second kappa shape index (κ2) is 38.5. The number of rotatable bonds is 42. The van der Waals surface area contributed by atoms with Crippen LogP contribution in [0, 0.1) is 0 Å². The molecule has 3 atom stereocenters. The van der Waals surface area contributed by atoms with Gasteiger partial charge in [-0.3, -0.25) is 13.8 Å². The van der Waals surface area contributed by atoms with Crippen molar-refractivity contribution < 1.29 is 32.9 Å².